The fourth-order valence-electron chi connectivity index (χ4n) is 9.83. The number of aliphatic hydroxyl groups is 2. The molecule has 5 fully saturated rings. The minimum Gasteiger partial charge on any atom is -0.462 e. The van der Waals surface area contributed by atoms with Gasteiger partial charge in [-0.05, 0) is 70.6 Å². The fourth-order valence-corrected chi connectivity index (χ4v) is 9.83. The van der Waals surface area contributed by atoms with Crippen LogP contribution in [0, 0.1) is 40.4 Å². The lowest BCUT2D eigenvalue weighted by molar-refractivity contribution is -0.286. The predicted molar refractivity (Wildman–Crippen MR) is 159 cm³/mol. The third kappa shape index (κ3) is 4.54. The molecule has 4 saturated carbocycles. The lowest BCUT2D eigenvalue weighted by atomic mass is 9.56. The Labute approximate surface area is 264 Å². The first-order chi connectivity index (χ1) is 20.9. The summed E-state index contributed by atoms with van der Waals surface area (Å²) < 4.78 is 31.2. The van der Waals surface area contributed by atoms with Crippen LogP contribution < -0.4 is 0 Å². The van der Waals surface area contributed by atoms with Gasteiger partial charge < -0.3 is 33.9 Å². The number of hydrogen-bond acceptors (Lipinski definition) is 11. The maximum atomic E-state index is 13.6. The molecule has 0 aromatic carbocycles. The zero-order chi connectivity index (χ0) is 33.6. The van der Waals surface area contributed by atoms with E-state index in [0.29, 0.717) is 12.0 Å². The van der Waals surface area contributed by atoms with Crippen molar-refractivity contribution < 1.29 is 53.1 Å². The van der Waals surface area contributed by atoms with E-state index >= 15 is 0 Å². The van der Waals surface area contributed by atoms with Gasteiger partial charge in [-0.25, -0.2) is 9.59 Å². The number of carbonyl (C=O) groups excluding carboxylic acids is 4. The lowest BCUT2D eigenvalue weighted by Gasteiger charge is -2.52. The molecule has 2 bridgehead atoms. The summed E-state index contributed by atoms with van der Waals surface area (Å²) in [7, 11) is 0. The van der Waals surface area contributed by atoms with Crippen LogP contribution in [0.1, 0.15) is 82.1 Å². The maximum Gasteiger partial charge on any atom is 0.334 e. The van der Waals surface area contributed by atoms with Crippen molar-refractivity contribution in [1.82, 2.24) is 0 Å². The maximum absolute atomic E-state index is 13.6. The Morgan fingerprint density at radius 1 is 0.844 bits per heavy atom. The average Bonchev–Trinajstić information content (AvgIpc) is 3.26. The molecule has 0 amide bonds. The van der Waals surface area contributed by atoms with E-state index in [0.717, 1.165) is 0 Å². The smallest absolute Gasteiger partial charge is 0.334 e. The van der Waals surface area contributed by atoms with Crippen LogP contribution in [0.15, 0.2) is 23.3 Å². The number of aliphatic hydroxyl groups excluding tert-OH is 2. The number of fused-ring (bicyclic) bond motifs is 2. The van der Waals surface area contributed by atoms with Crippen molar-refractivity contribution >= 4 is 23.9 Å². The number of rotatable bonds is 6. The van der Waals surface area contributed by atoms with Crippen LogP contribution in [-0.4, -0.2) is 76.0 Å². The second kappa shape index (κ2) is 10.9. The molecular formula is C34H48O11. The van der Waals surface area contributed by atoms with Crippen molar-refractivity contribution in [2.75, 3.05) is 0 Å². The normalized spacial score (nSPS) is 46.1. The Kier molecular flexibility index (Phi) is 8.14. The van der Waals surface area contributed by atoms with Crippen LogP contribution in [0.3, 0.4) is 0 Å². The van der Waals surface area contributed by atoms with E-state index in [1.165, 1.54) is 13.8 Å². The number of ether oxygens (including phenoxy) is 5. The Bertz CT molecular complexity index is 1350. The van der Waals surface area contributed by atoms with E-state index in [1.807, 2.05) is 6.92 Å². The average molecular weight is 633 g/mol. The minimum atomic E-state index is -1.78. The molecule has 0 spiro atoms. The van der Waals surface area contributed by atoms with Crippen molar-refractivity contribution in [2.45, 2.75) is 124 Å². The highest BCUT2D eigenvalue weighted by Gasteiger charge is 2.88. The largest absolute Gasteiger partial charge is 0.462 e. The Balaban J connectivity index is 1.84. The van der Waals surface area contributed by atoms with Crippen molar-refractivity contribution in [3.8, 4) is 0 Å². The van der Waals surface area contributed by atoms with Gasteiger partial charge in [0.15, 0.2) is 11.9 Å². The number of esters is 4. The molecule has 250 valence electrons. The summed E-state index contributed by atoms with van der Waals surface area (Å²) >= 11 is 0. The summed E-state index contributed by atoms with van der Waals surface area (Å²) in [6.07, 6.45) is -3.00. The fraction of sp³-hybridized carbons (Fsp3) is 0.765. The highest BCUT2D eigenvalue weighted by Crippen LogP contribution is 2.79. The van der Waals surface area contributed by atoms with Gasteiger partial charge in [0, 0.05) is 30.9 Å². The Morgan fingerprint density at radius 3 is 1.98 bits per heavy atom. The summed E-state index contributed by atoms with van der Waals surface area (Å²) in [5, 5.41) is 24.9. The molecule has 1 saturated heterocycles. The Morgan fingerprint density at radius 2 is 1.42 bits per heavy atom. The summed E-state index contributed by atoms with van der Waals surface area (Å²) in [4.78, 5) is 52.7. The highest BCUT2D eigenvalue weighted by molar-refractivity contribution is 5.88. The molecular weight excluding hydrogens is 584 g/mol. The molecule has 5 rings (SSSR count). The van der Waals surface area contributed by atoms with Gasteiger partial charge in [-0.2, -0.15) is 0 Å². The Hall–Kier alpha value is -2.76. The van der Waals surface area contributed by atoms with E-state index < -0.39 is 89.0 Å². The molecule has 13 atom stereocenters. The molecule has 1 heterocycles. The molecule has 5 aliphatic rings. The minimum absolute atomic E-state index is 0.0302. The van der Waals surface area contributed by atoms with Crippen molar-refractivity contribution in [3.05, 3.63) is 23.3 Å². The van der Waals surface area contributed by atoms with Gasteiger partial charge in [0.05, 0.1) is 5.92 Å². The lowest BCUT2D eigenvalue weighted by Crippen LogP contribution is -2.66. The quantitative estimate of drug-likeness (QED) is 0.252. The number of carbonyl (C=O) groups is 4. The first-order valence-corrected chi connectivity index (χ1v) is 15.9. The van der Waals surface area contributed by atoms with Crippen LogP contribution in [0.25, 0.3) is 0 Å². The summed E-state index contributed by atoms with van der Waals surface area (Å²) in [6, 6.07) is 0. The van der Waals surface area contributed by atoms with Crippen LogP contribution in [-0.2, 0) is 42.9 Å². The first kappa shape index (κ1) is 33.6. The standard InChI is InChI=1S/C34H48O11/c1-11-15(3)27(37)43-21-13-20-22(31(20,8)9)25-32(10)29(39)33(44-28(38)16(4)12-2)14-17(5)24(41-18(6)35)23(33)26(42-19(7)36)34(21,25)30(40)45-32/h11-12,17,20-26,29-30,39-40H,13-14H2,1-10H3/b15-11+,16-12+/t17-,20-,21+,22-,23+,24-,25-,26+,29+,30?,32+,33+,34-/m0/s1. The van der Waals surface area contributed by atoms with Gasteiger partial charge in [-0.15, -0.1) is 0 Å². The van der Waals surface area contributed by atoms with Crippen molar-refractivity contribution in [1.29, 1.82) is 0 Å². The van der Waals surface area contributed by atoms with E-state index in [4.69, 9.17) is 23.7 Å². The molecule has 11 nitrogen and oxygen atoms in total. The molecule has 0 aromatic rings. The summed E-state index contributed by atoms with van der Waals surface area (Å²) in [5.74, 6) is -5.05. The van der Waals surface area contributed by atoms with Gasteiger partial charge in [0.2, 0.25) is 0 Å². The predicted octanol–water partition coefficient (Wildman–Crippen LogP) is 3.39. The second-order valence-electron chi connectivity index (χ2n) is 14.7. The van der Waals surface area contributed by atoms with Gasteiger partial charge in [-0.3, -0.25) is 9.59 Å². The van der Waals surface area contributed by atoms with E-state index in [2.05, 4.69) is 13.8 Å². The van der Waals surface area contributed by atoms with Crippen LogP contribution in [0.2, 0.25) is 0 Å². The highest BCUT2D eigenvalue weighted by atomic mass is 16.7. The topological polar surface area (TPSA) is 155 Å². The summed E-state index contributed by atoms with van der Waals surface area (Å²) in [5.41, 5.74) is -4.62. The molecule has 45 heavy (non-hydrogen) atoms. The zero-order valence-electron chi connectivity index (χ0n) is 27.9. The van der Waals surface area contributed by atoms with Crippen molar-refractivity contribution in [3.63, 3.8) is 0 Å². The van der Waals surface area contributed by atoms with E-state index in [-0.39, 0.29) is 29.2 Å². The van der Waals surface area contributed by atoms with Crippen molar-refractivity contribution in [2.24, 2.45) is 40.4 Å². The van der Waals surface area contributed by atoms with Gasteiger partial charge in [0.1, 0.15) is 35.4 Å². The second-order valence-corrected chi connectivity index (χ2v) is 14.7. The molecule has 0 aromatic heterocycles. The molecule has 0 radical (unpaired) electrons. The summed E-state index contributed by atoms with van der Waals surface area (Å²) in [6.45, 7) is 16.8. The molecule has 11 heteroatoms. The number of allylic oxidation sites excluding steroid dienone is 2. The first-order valence-electron chi connectivity index (χ1n) is 15.9. The van der Waals surface area contributed by atoms with Crippen LogP contribution >= 0.6 is 0 Å². The third-order valence-electron chi connectivity index (χ3n) is 12.1. The van der Waals surface area contributed by atoms with E-state index in [9.17, 15) is 29.4 Å². The third-order valence-corrected chi connectivity index (χ3v) is 12.1. The monoisotopic (exact) mass is 632 g/mol. The van der Waals surface area contributed by atoms with Gasteiger partial charge in [0.25, 0.3) is 0 Å². The van der Waals surface area contributed by atoms with Crippen LogP contribution in [0.5, 0.6) is 0 Å². The number of hydrogen-bond donors (Lipinski definition) is 2. The molecule has 2 N–H and O–H groups in total. The SMILES string of the molecule is C/C=C(\C)C(=O)O[C@@H]1C[C@H]2[C@@H]([C@H]3[C@@]4(C)OC(O)[C@@]13[C@H](OC(C)=O)[C@H]1[C@@H](OC(C)=O)[C@@H](C)C[C@]1(OC(=O)/C(C)=C/C)[C@@H]4O)C2(C)C. The van der Waals surface area contributed by atoms with Gasteiger partial charge >= 0.3 is 23.9 Å². The molecule has 1 unspecified atom stereocenters. The van der Waals surface area contributed by atoms with E-state index in [1.54, 1.807) is 46.8 Å². The molecule has 1 aliphatic heterocycles. The van der Waals surface area contributed by atoms with Crippen LogP contribution in [0.4, 0.5) is 0 Å². The molecule has 4 aliphatic carbocycles. The zero-order valence-corrected chi connectivity index (χ0v) is 27.9. The van der Waals surface area contributed by atoms with Gasteiger partial charge in [-0.1, -0.05) is 32.9 Å².